The largest absolute Gasteiger partial charge is 0.459 e. The second kappa shape index (κ2) is 7.13. The van der Waals surface area contributed by atoms with Gasteiger partial charge in [-0.25, -0.2) is 0 Å². The molecule has 2 rings (SSSR count). The average molecular weight is 272 g/mol. The van der Waals surface area contributed by atoms with Crippen molar-refractivity contribution < 1.29 is 14.0 Å². The van der Waals surface area contributed by atoms with Crippen LogP contribution >= 0.6 is 0 Å². The second-order valence-corrected chi connectivity index (χ2v) is 4.25. The maximum absolute atomic E-state index is 11.6. The van der Waals surface area contributed by atoms with Gasteiger partial charge in [-0.2, -0.15) is 0 Å². The molecule has 0 aliphatic carbocycles. The monoisotopic (exact) mass is 272 g/mol. The van der Waals surface area contributed by atoms with Crippen molar-refractivity contribution in [3.63, 3.8) is 0 Å². The third-order valence-electron chi connectivity index (χ3n) is 2.69. The van der Waals surface area contributed by atoms with Gasteiger partial charge in [-0.05, 0) is 17.7 Å². The number of amides is 2. The van der Waals surface area contributed by atoms with Crippen LogP contribution in [0.15, 0.2) is 53.1 Å². The first-order chi connectivity index (χ1) is 9.75. The molecule has 2 amide bonds. The van der Waals surface area contributed by atoms with Gasteiger partial charge < -0.3 is 15.1 Å². The van der Waals surface area contributed by atoms with Crippen LogP contribution in [0.5, 0.6) is 0 Å². The number of carbonyl (C=O) groups is 2. The summed E-state index contributed by atoms with van der Waals surface area (Å²) < 4.78 is 4.95. The van der Waals surface area contributed by atoms with Crippen LogP contribution in [-0.4, -0.2) is 24.9 Å². The summed E-state index contributed by atoms with van der Waals surface area (Å²) in [6.45, 7) is 0.748. The van der Waals surface area contributed by atoms with Crippen LogP contribution in [0.3, 0.4) is 0 Å². The molecule has 0 atom stereocenters. The number of hydrogen-bond acceptors (Lipinski definition) is 3. The number of nitrogens with one attached hydrogen (secondary N) is 2. The maximum atomic E-state index is 11.6. The van der Waals surface area contributed by atoms with Crippen LogP contribution in [0.25, 0.3) is 0 Å². The van der Waals surface area contributed by atoms with Crippen molar-refractivity contribution in [1.82, 2.24) is 10.6 Å². The summed E-state index contributed by atoms with van der Waals surface area (Å²) in [5, 5.41) is 5.40. The van der Waals surface area contributed by atoms with E-state index in [0.29, 0.717) is 19.5 Å². The minimum absolute atomic E-state index is 0.0663. The van der Waals surface area contributed by atoms with E-state index in [1.807, 2.05) is 30.3 Å². The average Bonchev–Trinajstić information content (AvgIpc) is 2.99. The summed E-state index contributed by atoms with van der Waals surface area (Å²) in [5.74, 6) is -0.0867. The highest BCUT2D eigenvalue weighted by Crippen LogP contribution is 1.99. The lowest BCUT2D eigenvalue weighted by molar-refractivity contribution is -0.120. The fraction of sp³-hybridized carbons (Fsp3) is 0.200. The van der Waals surface area contributed by atoms with E-state index in [4.69, 9.17) is 4.42 Å². The molecule has 0 aliphatic rings. The zero-order valence-electron chi connectivity index (χ0n) is 11.0. The summed E-state index contributed by atoms with van der Waals surface area (Å²) in [6, 6.07) is 12.7. The van der Waals surface area contributed by atoms with Gasteiger partial charge in [0.05, 0.1) is 12.7 Å². The van der Waals surface area contributed by atoms with Gasteiger partial charge in [0.15, 0.2) is 5.76 Å². The van der Waals surface area contributed by atoms with Crippen molar-refractivity contribution in [2.24, 2.45) is 0 Å². The van der Waals surface area contributed by atoms with Crippen LogP contribution in [0.4, 0.5) is 0 Å². The van der Waals surface area contributed by atoms with Crippen molar-refractivity contribution in [1.29, 1.82) is 0 Å². The molecule has 5 nitrogen and oxygen atoms in total. The molecular formula is C15H16N2O3. The van der Waals surface area contributed by atoms with Gasteiger partial charge in [0, 0.05) is 13.1 Å². The molecule has 0 aliphatic heterocycles. The van der Waals surface area contributed by atoms with Crippen molar-refractivity contribution >= 4 is 11.8 Å². The second-order valence-electron chi connectivity index (χ2n) is 4.25. The van der Waals surface area contributed by atoms with Crippen LogP contribution < -0.4 is 10.6 Å². The highest BCUT2D eigenvalue weighted by molar-refractivity contribution is 5.91. The molecule has 0 saturated heterocycles. The van der Waals surface area contributed by atoms with E-state index < -0.39 is 0 Å². The molecule has 0 radical (unpaired) electrons. The molecule has 0 saturated carbocycles. The summed E-state index contributed by atoms with van der Waals surface area (Å²) in [5.41, 5.74) is 0.963. The summed E-state index contributed by atoms with van der Waals surface area (Å²) in [6.07, 6.45) is 1.78. The summed E-state index contributed by atoms with van der Waals surface area (Å²) in [4.78, 5) is 23.2. The summed E-state index contributed by atoms with van der Waals surface area (Å²) in [7, 11) is 0. The Morgan fingerprint density at radius 2 is 1.70 bits per heavy atom. The number of carbonyl (C=O) groups excluding carboxylic acids is 2. The van der Waals surface area contributed by atoms with E-state index in [2.05, 4.69) is 10.6 Å². The first-order valence-corrected chi connectivity index (χ1v) is 6.38. The smallest absolute Gasteiger partial charge is 0.287 e. The quantitative estimate of drug-likeness (QED) is 0.780. The molecular weight excluding hydrogens is 256 g/mol. The Morgan fingerprint density at radius 1 is 0.950 bits per heavy atom. The molecule has 1 heterocycles. The van der Waals surface area contributed by atoms with E-state index in [-0.39, 0.29) is 17.6 Å². The topological polar surface area (TPSA) is 71.3 Å². The Balaban J connectivity index is 1.64. The van der Waals surface area contributed by atoms with E-state index >= 15 is 0 Å². The van der Waals surface area contributed by atoms with Gasteiger partial charge in [0.1, 0.15) is 0 Å². The first kappa shape index (κ1) is 13.9. The van der Waals surface area contributed by atoms with Gasteiger partial charge in [-0.3, -0.25) is 9.59 Å². The maximum Gasteiger partial charge on any atom is 0.287 e. The van der Waals surface area contributed by atoms with Gasteiger partial charge in [-0.15, -0.1) is 0 Å². The lowest BCUT2D eigenvalue weighted by atomic mass is 10.1. The minimum atomic E-state index is -0.285. The lowest BCUT2D eigenvalue weighted by Gasteiger charge is -2.06. The molecule has 0 unspecified atom stereocenters. The fourth-order valence-corrected chi connectivity index (χ4v) is 1.72. The van der Waals surface area contributed by atoms with Gasteiger partial charge in [-0.1, -0.05) is 30.3 Å². The molecule has 1 aromatic heterocycles. The fourth-order valence-electron chi connectivity index (χ4n) is 1.72. The van der Waals surface area contributed by atoms with Gasteiger partial charge >= 0.3 is 0 Å². The SMILES string of the molecule is O=C(Cc1ccccc1)NCCNC(=O)c1ccco1. The summed E-state index contributed by atoms with van der Waals surface area (Å²) >= 11 is 0. The molecule has 20 heavy (non-hydrogen) atoms. The molecule has 2 aromatic rings. The van der Waals surface area contributed by atoms with Crippen LogP contribution in [0.2, 0.25) is 0 Å². The Hall–Kier alpha value is -2.56. The number of hydrogen-bond donors (Lipinski definition) is 2. The van der Waals surface area contributed by atoms with Gasteiger partial charge in [0.25, 0.3) is 5.91 Å². The molecule has 0 bridgehead atoms. The molecule has 0 fully saturated rings. The van der Waals surface area contributed by atoms with Crippen molar-refractivity contribution in [2.75, 3.05) is 13.1 Å². The first-order valence-electron chi connectivity index (χ1n) is 6.38. The lowest BCUT2D eigenvalue weighted by Crippen LogP contribution is -2.35. The standard InChI is InChI=1S/C15H16N2O3/c18-14(11-12-5-2-1-3-6-12)16-8-9-17-15(19)13-7-4-10-20-13/h1-7,10H,8-9,11H2,(H,16,18)(H,17,19). The Labute approximate surface area is 117 Å². The van der Waals surface area contributed by atoms with E-state index in [1.165, 1.54) is 6.26 Å². The zero-order valence-corrected chi connectivity index (χ0v) is 11.0. The molecule has 5 heteroatoms. The van der Waals surface area contributed by atoms with Crippen LogP contribution in [0.1, 0.15) is 16.1 Å². The Morgan fingerprint density at radius 3 is 2.40 bits per heavy atom. The Kier molecular flexibility index (Phi) is 4.94. The van der Waals surface area contributed by atoms with Gasteiger partial charge in [0.2, 0.25) is 5.91 Å². The number of benzene rings is 1. The highest BCUT2D eigenvalue weighted by Gasteiger charge is 2.07. The number of furan rings is 1. The Bertz CT molecular complexity index is 550. The van der Waals surface area contributed by atoms with Crippen molar-refractivity contribution in [2.45, 2.75) is 6.42 Å². The highest BCUT2D eigenvalue weighted by atomic mass is 16.3. The molecule has 0 spiro atoms. The van der Waals surface area contributed by atoms with Crippen LogP contribution in [0, 0.1) is 0 Å². The zero-order chi connectivity index (χ0) is 14.2. The minimum Gasteiger partial charge on any atom is -0.459 e. The van der Waals surface area contributed by atoms with Crippen LogP contribution in [-0.2, 0) is 11.2 Å². The van der Waals surface area contributed by atoms with E-state index in [1.54, 1.807) is 12.1 Å². The molecule has 2 N–H and O–H groups in total. The molecule has 104 valence electrons. The van der Waals surface area contributed by atoms with E-state index in [9.17, 15) is 9.59 Å². The van der Waals surface area contributed by atoms with Crippen molar-refractivity contribution in [3.05, 3.63) is 60.1 Å². The predicted octanol–water partition coefficient (Wildman–Crippen LogP) is 1.37. The normalized spacial score (nSPS) is 10.0. The van der Waals surface area contributed by atoms with E-state index in [0.717, 1.165) is 5.56 Å². The van der Waals surface area contributed by atoms with Crippen molar-refractivity contribution in [3.8, 4) is 0 Å². The third-order valence-corrected chi connectivity index (χ3v) is 2.69. The number of rotatable bonds is 6. The predicted molar refractivity (Wildman–Crippen MR) is 74.2 cm³/mol. The molecule has 1 aromatic carbocycles. The third kappa shape index (κ3) is 4.28.